The lowest BCUT2D eigenvalue weighted by atomic mass is 9.88. The summed E-state index contributed by atoms with van der Waals surface area (Å²) in [7, 11) is 0. The van der Waals surface area contributed by atoms with Crippen LogP contribution < -0.4 is 5.32 Å². The molecule has 0 aromatic carbocycles. The fraction of sp³-hybridized carbons (Fsp3) is 0.929. The van der Waals surface area contributed by atoms with Gasteiger partial charge in [0.15, 0.2) is 0 Å². The Kier molecular flexibility index (Phi) is 4.81. The van der Waals surface area contributed by atoms with E-state index in [0.717, 1.165) is 26.0 Å². The van der Waals surface area contributed by atoms with Crippen molar-refractivity contribution in [1.29, 1.82) is 0 Å². The lowest BCUT2D eigenvalue weighted by Gasteiger charge is -2.46. The van der Waals surface area contributed by atoms with Crippen molar-refractivity contribution < 1.29 is 14.6 Å². The smallest absolute Gasteiger partial charge is 0.324 e. The first-order chi connectivity index (χ1) is 9.07. The van der Waals surface area contributed by atoms with Crippen LogP contribution in [0.15, 0.2) is 0 Å². The minimum Gasteiger partial charge on any atom is -0.480 e. The number of hydrogen-bond donors (Lipinski definition) is 2. The molecule has 3 unspecified atom stereocenters. The van der Waals surface area contributed by atoms with Crippen LogP contribution in [0.4, 0.5) is 0 Å². The highest BCUT2D eigenvalue weighted by molar-refractivity contribution is 5.78. The van der Waals surface area contributed by atoms with Gasteiger partial charge in [-0.1, -0.05) is 19.8 Å². The number of fused-ring (bicyclic) bond motifs is 1. The lowest BCUT2D eigenvalue weighted by molar-refractivity contribution is -0.148. The van der Waals surface area contributed by atoms with E-state index in [1.165, 1.54) is 12.8 Å². The van der Waals surface area contributed by atoms with E-state index in [0.29, 0.717) is 25.2 Å². The van der Waals surface area contributed by atoms with Crippen molar-refractivity contribution in [3.8, 4) is 0 Å². The van der Waals surface area contributed by atoms with Gasteiger partial charge < -0.3 is 15.2 Å². The van der Waals surface area contributed by atoms with E-state index in [1.54, 1.807) is 6.92 Å². The van der Waals surface area contributed by atoms with Crippen molar-refractivity contribution in [2.24, 2.45) is 0 Å². The predicted molar refractivity (Wildman–Crippen MR) is 73.3 cm³/mol. The second-order valence-corrected chi connectivity index (χ2v) is 5.90. The molecule has 1 saturated carbocycles. The Labute approximate surface area is 115 Å². The predicted octanol–water partition coefficient (Wildman–Crippen LogP) is 1.08. The Morgan fingerprint density at radius 3 is 2.89 bits per heavy atom. The second-order valence-electron chi connectivity index (χ2n) is 5.90. The van der Waals surface area contributed by atoms with Crippen LogP contribution in [0.1, 0.15) is 39.5 Å². The number of nitrogens with one attached hydrogen (secondary N) is 1. The van der Waals surface area contributed by atoms with Crippen molar-refractivity contribution in [3.63, 3.8) is 0 Å². The number of likely N-dealkylation sites (N-methyl/N-ethyl adjacent to an activating group) is 1. The maximum Gasteiger partial charge on any atom is 0.324 e. The lowest BCUT2D eigenvalue weighted by Crippen LogP contribution is -2.62. The number of rotatable bonds is 5. The molecular weight excluding hydrogens is 244 g/mol. The van der Waals surface area contributed by atoms with Crippen molar-refractivity contribution in [2.45, 2.75) is 57.2 Å². The summed E-state index contributed by atoms with van der Waals surface area (Å²) in [5.41, 5.74) is -0.867. The van der Waals surface area contributed by atoms with Crippen LogP contribution in [-0.2, 0) is 9.53 Å². The number of carbonyl (C=O) groups is 1. The molecule has 1 saturated heterocycles. The summed E-state index contributed by atoms with van der Waals surface area (Å²) in [5.74, 6) is -0.770. The van der Waals surface area contributed by atoms with Crippen LogP contribution in [0, 0.1) is 0 Å². The summed E-state index contributed by atoms with van der Waals surface area (Å²) in [6.45, 7) is 6.52. The number of nitrogens with zero attached hydrogens (tertiary/aromatic N) is 1. The fourth-order valence-corrected chi connectivity index (χ4v) is 3.37. The summed E-state index contributed by atoms with van der Waals surface area (Å²) in [6, 6.07) is 0.403. The molecule has 3 atom stereocenters. The van der Waals surface area contributed by atoms with Gasteiger partial charge in [0.05, 0.1) is 12.7 Å². The summed E-state index contributed by atoms with van der Waals surface area (Å²) >= 11 is 0. The third kappa shape index (κ3) is 3.27. The molecule has 2 fully saturated rings. The largest absolute Gasteiger partial charge is 0.480 e. The minimum atomic E-state index is -0.867. The highest BCUT2D eigenvalue weighted by Crippen LogP contribution is 2.29. The van der Waals surface area contributed by atoms with Crippen LogP contribution >= 0.6 is 0 Å². The Morgan fingerprint density at radius 1 is 1.47 bits per heavy atom. The van der Waals surface area contributed by atoms with Gasteiger partial charge in [-0.05, 0) is 26.3 Å². The molecule has 110 valence electrons. The van der Waals surface area contributed by atoms with Crippen molar-refractivity contribution in [2.75, 3.05) is 26.2 Å². The van der Waals surface area contributed by atoms with Crippen LogP contribution in [0.25, 0.3) is 0 Å². The molecule has 2 aliphatic rings. The minimum absolute atomic E-state index is 0.308. The number of aliphatic carboxylic acids is 1. The van der Waals surface area contributed by atoms with Gasteiger partial charge in [-0.15, -0.1) is 0 Å². The first-order valence-corrected chi connectivity index (χ1v) is 7.41. The van der Waals surface area contributed by atoms with E-state index in [9.17, 15) is 9.90 Å². The number of carboxylic acid groups (broad SMARTS) is 1. The molecule has 1 heterocycles. The molecule has 0 aromatic rings. The summed E-state index contributed by atoms with van der Waals surface area (Å²) in [4.78, 5) is 13.8. The molecule has 0 amide bonds. The molecule has 0 radical (unpaired) electrons. The Balaban J connectivity index is 2.04. The van der Waals surface area contributed by atoms with E-state index in [-0.39, 0.29) is 0 Å². The van der Waals surface area contributed by atoms with Crippen LogP contribution in [0.5, 0.6) is 0 Å². The summed E-state index contributed by atoms with van der Waals surface area (Å²) < 4.78 is 5.84. The third-order valence-corrected chi connectivity index (χ3v) is 4.41. The van der Waals surface area contributed by atoms with Crippen molar-refractivity contribution >= 4 is 5.97 Å². The van der Waals surface area contributed by atoms with Crippen LogP contribution in [-0.4, -0.2) is 59.9 Å². The van der Waals surface area contributed by atoms with E-state index < -0.39 is 11.5 Å². The third-order valence-electron chi connectivity index (χ3n) is 4.41. The Hall–Kier alpha value is -0.650. The first-order valence-electron chi connectivity index (χ1n) is 7.41. The number of carboxylic acids is 1. The van der Waals surface area contributed by atoms with Gasteiger partial charge in [0.2, 0.25) is 0 Å². The topological polar surface area (TPSA) is 61.8 Å². The normalized spacial score (nSPS) is 31.5. The molecule has 2 N–H and O–H groups in total. The van der Waals surface area contributed by atoms with E-state index in [1.807, 2.05) is 6.92 Å². The zero-order valence-electron chi connectivity index (χ0n) is 12.0. The zero-order valence-corrected chi connectivity index (χ0v) is 12.0. The molecule has 0 bridgehead atoms. The molecule has 2 rings (SSSR count). The maximum atomic E-state index is 11.5. The molecule has 0 spiro atoms. The highest BCUT2D eigenvalue weighted by atomic mass is 16.5. The quantitative estimate of drug-likeness (QED) is 0.783. The molecule has 1 aliphatic carbocycles. The molecule has 0 aromatic heterocycles. The van der Waals surface area contributed by atoms with Crippen LogP contribution in [0.2, 0.25) is 0 Å². The van der Waals surface area contributed by atoms with Gasteiger partial charge in [0.25, 0.3) is 0 Å². The highest BCUT2D eigenvalue weighted by Gasteiger charge is 2.40. The molecular formula is C14H26N2O3. The Morgan fingerprint density at radius 2 is 2.21 bits per heavy atom. The van der Waals surface area contributed by atoms with Gasteiger partial charge in [-0.25, -0.2) is 0 Å². The second kappa shape index (κ2) is 6.20. The maximum absolute atomic E-state index is 11.5. The van der Waals surface area contributed by atoms with E-state index in [4.69, 9.17) is 4.74 Å². The van der Waals surface area contributed by atoms with Gasteiger partial charge in [-0.2, -0.15) is 0 Å². The number of morpholine rings is 1. The number of hydrogen-bond acceptors (Lipinski definition) is 4. The molecule has 1 aliphatic heterocycles. The van der Waals surface area contributed by atoms with Gasteiger partial charge in [0, 0.05) is 19.1 Å². The Bertz CT molecular complexity index is 322. The van der Waals surface area contributed by atoms with Crippen LogP contribution in [0.3, 0.4) is 0 Å². The number of ether oxygens (including phenoxy) is 1. The molecule has 5 nitrogen and oxygen atoms in total. The van der Waals surface area contributed by atoms with Gasteiger partial charge >= 0.3 is 5.97 Å². The molecule has 5 heteroatoms. The van der Waals surface area contributed by atoms with Gasteiger partial charge in [-0.3, -0.25) is 9.69 Å². The monoisotopic (exact) mass is 270 g/mol. The SMILES string of the molecule is CCNC(C)(CN1CCOC2CCCCC21)C(=O)O. The van der Waals surface area contributed by atoms with E-state index >= 15 is 0 Å². The van der Waals surface area contributed by atoms with Crippen molar-refractivity contribution in [1.82, 2.24) is 10.2 Å². The first kappa shape index (κ1) is 14.8. The summed E-state index contributed by atoms with van der Waals surface area (Å²) in [6.07, 6.45) is 5.02. The molecule has 19 heavy (non-hydrogen) atoms. The standard InChI is InChI=1S/C14H26N2O3/c1-3-15-14(2,13(17)18)10-16-8-9-19-12-7-5-4-6-11(12)16/h11-12,15H,3-10H2,1-2H3,(H,17,18). The fourth-order valence-electron chi connectivity index (χ4n) is 3.37. The van der Waals surface area contributed by atoms with Gasteiger partial charge in [0.1, 0.15) is 5.54 Å². The van der Waals surface area contributed by atoms with Crippen molar-refractivity contribution in [3.05, 3.63) is 0 Å². The zero-order chi connectivity index (χ0) is 13.9. The average Bonchev–Trinajstić information content (AvgIpc) is 2.39. The average molecular weight is 270 g/mol. The van der Waals surface area contributed by atoms with E-state index in [2.05, 4.69) is 10.2 Å². The summed E-state index contributed by atoms with van der Waals surface area (Å²) in [5, 5.41) is 12.6.